The van der Waals surface area contributed by atoms with Crippen molar-refractivity contribution in [3.8, 4) is 0 Å². The lowest BCUT2D eigenvalue weighted by atomic mass is 10.1. The Kier molecular flexibility index (Phi) is 3.49. The summed E-state index contributed by atoms with van der Waals surface area (Å²) in [5, 5.41) is 8.76. The molecule has 0 fully saturated rings. The number of aryl methyl sites for hydroxylation is 3. The second-order valence-electron chi connectivity index (χ2n) is 4.31. The van der Waals surface area contributed by atoms with E-state index >= 15 is 0 Å². The van der Waals surface area contributed by atoms with Gasteiger partial charge in [0.1, 0.15) is 0 Å². The molecule has 0 saturated heterocycles. The summed E-state index contributed by atoms with van der Waals surface area (Å²) < 4.78 is 37.3. The summed E-state index contributed by atoms with van der Waals surface area (Å²) in [7, 11) is 0. The highest BCUT2D eigenvalue weighted by Gasteiger charge is 2.35. The number of nitrogens with one attached hydrogen (secondary N) is 1. The highest BCUT2D eigenvalue weighted by molar-refractivity contribution is 7.15. The van der Waals surface area contributed by atoms with E-state index < -0.39 is 11.2 Å². The van der Waals surface area contributed by atoms with Crippen molar-refractivity contribution in [2.75, 3.05) is 5.32 Å². The minimum absolute atomic E-state index is 0.141. The second kappa shape index (κ2) is 4.80. The fourth-order valence-corrected chi connectivity index (χ4v) is 2.49. The maximum atomic E-state index is 12.4. The average Bonchev–Trinajstić information content (AvgIpc) is 2.71. The minimum Gasteiger partial charge on any atom is -0.330 e. The van der Waals surface area contributed by atoms with Crippen LogP contribution in [-0.4, -0.2) is 10.2 Å². The van der Waals surface area contributed by atoms with Gasteiger partial charge in [0, 0.05) is 5.69 Å². The third-order valence-electron chi connectivity index (χ3n) is 2.58. The van der Waals surface area contributed by atoms with Gasteiger partial charge in [0.15, 0.2) is 0 Å². The molecule has 0 atom stereocenters. The molecule has 1 aromatic heterocycles. The predicted molar refractivity (Wildman–Crippen MR) is 68.8 cm³/mol. The Morgan fingerprint density at radius 3 is 2.11 bits per heavy atom. The van der Waals surface area contributed by atoms with E-state index in [1.165, 1.54) is 0 Å². The summed E-state index contributed by atoms with van der Waals surface area (Å²) in [6.45, 7) is 5.76. The molecule has 3 nitrogen and oxygen atoms in total. The van der Waals surface area contributed by atoms with Gasteiger partial charge in [-0.3, -0.25) is 0 Å². The third-order valence-corrected chi connectivity index (χ3v) is 3.46. The van der Waals surface area contributed by atoms with E-state index in [1.54, 1.807) is 0 Å². The SMILES string of the molecule is Cc1cc(C)c(Nc2nnc(C(F)(F)F)s2)c(C)c1. The van der Waals surface area contributed by atoms with Crippen molar-refractivity contribution in [2.24, 2.45) is 0 Å². The van der Waals surface area contributed by atoms with Gasteiger partial charge in [-0.25, -0.2) is 0 Å². The molecule has 2 rings (SSSR count). The maximum Gasteiger partial charge on any atom is 0.445 e. The van der Waals surface area contributed by atoms with Crippen molar-refractivity contribution in [3.05, 3.63) is 33.8 Å². The first-order chi connectivity index (χ1) is 8.77. The first-order valence-corrected chi connectivity index (χ1v) is 6.34. The molecule has 2 aromatic rings. The quantitative estimate of drug-likeness (QED) is 0.898. The van der Waals surface area contributed by atoms with Crippen LogP contribution in [0.15, 0.2) is 12.1 Å². The Labute approximate surface area is 112 Å². The highest BCUT2D eigenvalue weighted by atomic mass is 32.1. The zero-order valence-electron chi connectivity index (χ0n) is 10.6. The van der Waals surface area contributed by atoms with Gasteiger partial charge in [0.05, 0.1) is 0 Å². The molecule has 0 spiro atoms. The zero-order valence-corrected chi connectivity index (χ0v) is 11.4. The predicted octanol–water partition coefficient (Wildman–Crippen LogP) is 4.23. The van der Waals surface area contributed by atoms with Crippen LogP contribution in [0.1, 0.15) is 21.7 Å². The van der Waals surface area contributed by atoms with E-state index in [2.05, 4.69) is 15.5 Å². The Morgan fingerprint density at radius 1 is 1.05 bits per heavy atom. The standard InChI is InChI=1S/C12H12F3N3S/c1-6-4-7(2)9(8(3)5-6)16-11-18-17-10(19-11)12(13,14)15/h4-5H,1-3H3,(H,16,18). The maximum absolute atomic E-state index is 12.4. The van der Waals surface area contributed by atoms with Crippen LogP contribution in [0.3, 0.4) is 0 Å². The van der Waals surface area contributed by atoms with Crippen molar-refractivity contribution in [1.82, 2.24) is 10.2 Å². The average molecular weight is 287 g/mol. The van der Waals surface area contributed by atoms with Crippen molar-refractivity contribution in [1.29, 1.82) is 0 Å². The molecule has 19 heavy (non-hydrogen) atoms. The van der Waals surface area contributed by atoms with Gasteiger partial charge < -0.3 is 5.32 Å². The van der Waals surface area contributed by atoms with E-state index in [0.717, 1.165) is 22.4 Å². The Bertz CT molecular complexity index is 582. The lowest BCUT2D eigenvalue weighted by molar-refractivity contribution is -0.138. The van der Waals surface area contributed by atoms with Crippen LogP contribution in [0, 0.1) is 20.8 Å². The van der Waals surface area contributed by atoms with Gasteiger partial charge in [-0.2, -0.15) is 13.2 Å². The zero-order chi connectivity index (χ0) is 14.2. The molecule has 1 heterocycles. The summed E-state index contributed by atoms with van der Waals surface area (Å²) in [5.74, 6) is 0. The minimum atomic E-state index is -4.45. The summed E-state index contributed by atoms with van der Waals surface area (Å²) in [6.07, 6.45) is -4.45. The van der Waals surface area contributed by atoms with Gasteiger partial charge >= 0.3 is 6.18 Å². The van der Waals surface area contributed by atoms with Gasteiger partial charge in [0.2, 0.25) is 10.1 Å². The van der Waals surface area contributed by atoms with Crippen LogP contribution >= 0.6 is 11.3 Å². The molecule has 0 saturated carbocycles. The fourth-order valence-electron chi connectivity index (χ4n) is 1.87. The normalized spacial score (nSPS) is 11.7. The summed E-state index contributed by atoms with van der Waals surface area (Å²) in [5.41, 5.74) is 3.80. The van der Waals surface area contributed by atoms with E-state index in [9.17, 15) is 13.2 Å². The number of halogens is 3. The molecule has 0 radical (unpaired) electrons. The number of aromatic nitrogens is 2. The van der Waals surface area contributed by atoms with Crippen LogP contribution in [0.4, 0.5) is 24.0 Å². The molecule has 1 aromatic carbocycles. The smallest absolute Gasteiger partial charge is 0.330 e. The van der Waals surface area contributed by atoms with Crippen LogP contribution in [0.5, 0.6) is 0 Å². The van der Waals surface area contributed by atoms with Crippen LogP contribution in [0.2, 0.25) is 0 Å². The third kappa shape index (κ3) is 3.04. The number of rotatable bonds is 2. The van der Waals surface area contributed by atoms with E-state index in [0.29, 0.717) is 11.3 Å². The molecular weight excluding hydrogens is 275 g/mol. The molecule has 0 unspecified atom stereocenters. The number of anilines is 2. The first-order valence-electron chi connectivity index (χ1n) is 5.53. The van der Waals surface area contributed by atoms with Crippen molar-refractivity contribution < 1.29 is 13.2 Å². The lowest BCUT2D eigenvalue weighted by Gasteiger charge is -2.11. The molecule has 0 aliphatic carbocycles. The molecule has 0 amide bonds. The molecular formula is C12H12F3N3S. The van der Waals surface area contributed by atoms with E-state index in [4.69, 9.17) is 0 Å². The van der Waals surface area contributed by atoms with Crippen molar-refractivity contribution >= 4 is 22.2 Å². The highest BCUT2D eigenvalue weighted by Crippen LogP contribution is 2.35. The monoisotopic (exact) mass is 287 g/mol. The Hall–Kier alpha value is -1.63. The second-order valence-corrected chi connectivity index (χ2v) is 5.29. The Balaban J connectivity index is 2.30. The van der Waals surface area contributed by atoms with Gasteiger partial charge in [0.25, 0.3) is 0 Å². The van der Waals surface area contributed by atoms with Gasteiger partial charge in [-0.05, 0) is 31.9 Å². The Morgan fingerprint density at radius 2 is 1.63 bits per heavy atom. The van der Waals surface area contributed by atoms with Crippen LogP contribution in [0.25, 0.3) is 0 Å². The summed E-state index contributed by atoms with van der Waals surface area (Å²) in [6, 6.07) is 3.92. The molecule has 0 bridgehead atoms. The van der Waals surface area contributed by atoms with Crippen molar-refractivity contribution in [3.63, 3.8) is 0 Å². The van der Waals surface area contributed by atoms with Gasteiger partial charge in [-0.1, -0.05) is 29.0 Å². The summed E-state index contributed by atoms with van der Waals surface area (Å²) >= 11 is 0.498. The van der Waals surface area contributed by atoms with Crippen molar-refractivity contribution in [2.45, 2.75) is 26.9 Å². The number of alkyl halides is 3. The number of benzene rings is 1. The van der Waals surface area contributed by atoms with Gasteiger partial charge in [-0.15, -0.1) is 10.2 Å². The molecule has 7 heteroatoms. The van der Waals surface area contributed by atoms with E-state index in [1.807, 2.05) is 32.9 Å². The molecule has 102 valence electrons. The lowest BCUT2D eigenvalue weighted by Crippen LogP contribution is -2.03. The molecule has 0 aliphatic heterocycles. The topological polar surface area (TPSA) is 37.8 Å². The van der Waals surface area contributed by atoms with Crippen LogP contribution < -0.4 is 5.32 Å². The van der Waals surface area contributed by atoms with Crippen LogP contribution in [-0.2, 0) is 6.18 Å². The molecule has 1 N–H and O–H groups in total. The fraction of sp³-hybridized carbons (Fsp3) is 0.333. The number of hydrogen-bond donors (Lipinski definition) is 1. The summed E-state index contributed by atoms with van der Waals surface area (Å²) in [4.78, 5) is 0. The van der Waals surface area contributed by atoms with E-state index in [-0.39, 0.29) is 5.13 Å². The molecule has 0 aliphatic rings. The number of hydrogen-bond acceptors (Lipinski definition) is 4. The number of nitrogens with zero attached hydrogens (tertiary/aromatic N) is 2. The first kappa shape index (κ1) is 13.8. The largest absolute Gasteiger partial charge is 0.445 e.